The zero-order valence-corrected chi connectivity index (χ0v) is 22.8. The van der Waals surface area contributed by atoms with Crippen molar-refractivity contribution >= 4 is 23.2 Å². The fourth-order valence-corrected chi connectivity index (χ4v) is 10.3. The standard InChI is InChI=1S/C29H43N5P/c1-28(2,21-29(3,4)33-27(32)34(5)26(30)31)22-35(23-15-9-6-10-16-23,24-17-11-7-12-18-24)25-19-13-8-14-20-25/h6-20,26-27,33H,21-22,30-32H2,1-5H3/q+1. The lowest BCUT2D eigenvalue weighted by Gasteiger charge is -2.42. The number of hydrogen-bond donors (Lipinski definition) is 4. The summed E-state index contributed by atoms with van der Waals surface area (Å²) in [6.45, 7) is 9.17. The van der Waals surface area contributed by atoms with Crippen molar-refractivity contribution in [2.24, 2.45) is 22.6 Å². The highest BCUT2D eigenvalue weighted by Crippen LogP contribution is 2.59. The maximum Gasteiger partial charge on any atom is 0.114 e. The van der Waals surface area contributed by atoms with Crippen molar-refractivity contribution in [2.45, 2.75) is 52.2 Å². The number of nitrogens with two attached hydrogens (primary N) is 3. The van der Waals surface area contributed by atoms with Crippen molar-refractivity contribution in [2.75, 3.05) is 13.2 Å². The van der Waals surface area contributed by atoms with E-state index in [1.165, 1.54) is 15.9 Å². The molecule has 0 bridgehead atoms. The van der Waals surface area contributed by atoms with E-state index in [1.54, 1.807) is 4.90 Å². The van der Waals surface area contributed by atoms with Crippen molar-refractivity contribution < 1.29 is 0 Å². The van der Waals surface area contributed by atoms with E-state index in [1.807, 2.05) is 7.05 Å². The van der Waals surface area contributed by atoms with Gasteiger partial charge in [-0.1, -0.05) is 68.4 Å². The van der Waals surface area contributed by atoms with Crippen molar-refractivity contribution in [1.82, 2.24) is 10.2 Å². The molecule has 0 fully saturated rings. The second kappa shape index (κ2) is 11.3. The predicted octanol–water partition coefficient (Wildman–Crippen LogP) is 3.14. The van der Waals surface area contributed by atoms with Gasteiger partial charge in [-0.05, 0) is 63.7 Å². The number of hydrogen-bond acceptors (Lipinski definition) is 5. The molecule has 35 heavy (non-hydrogen) atoms. The molecule has 0 aliphatic carbocycles. The van der Waals surface area contributed by atoms with Gasteiger partial charge in [0.05, 0.1) is 6.16 Å². The van der Waals surface area contributed by atoms with Crippen molar-refractivity contribution in [3.63, 3.8) is 0 Å². The van der Waals surface area contributed by atoms with Gasteiger partial charge in [-0.25, -0.2) is 0 Å². The smallest absolute Gasteiger partial charge is 0.114 e. The Balaban J connectivity index is 2.05. The van der Waals surface area contributed by atoms with Crippen LogP contribution < -0.4 is 38.4 Å². The predicted molar refractivity (Wildman–Crippen MR) is 154 cm³/mol. The Bertz CT molecular complexity index is 942. The Morgan fingerprint density at radius 3 is 1.43 bits per heavy atom. The molecule has 5 nitrogen and oxygen atoms in total. The van der Waals surface area contributed by atoms with Crippen LogP contribution in [0.4, 0.5) is 0 Å². The van der Waals surface area contributed by atoms with Crippen molar-refractivity contribution in [3.8, 4) is 0 Å². The highest BCUT2D eigenvalue weighted by atomic mass is 31.2. The van der Waals surface area contributed by atoms with E-state index < -0.39 is 19.8 Å². The van der Waals surface area contributed by atoms with Gasteiger partial charge in [0.2, 0.25) is 0 Å². The summed E-state index contributed by atoms with van der Waals surface area (Å²) in [5.41, 5.74) is 17.8. The molecular weight excluding hydrogens is 449 g/mol. The molecule has 0 aliphatic heterocycles. The van der Waals surface area contributed by atoms with Gasteiger partial charge in [-0.15, -0.1) is 0 Å². The van der Waals surface area contributed by atoms with Crippen LogP contribution in [0.1, 0.15) is 34.1 Å². The first-order valence-electron chi connectivity index (χ1n) is 12.3. The molecule has 0 aromatic heterocycles. The number of rotatable bonds is 11. The number of nitrogens with one attached hydrogen (secondary N) is 1. The summed E-state index contributed by atoms with van der Waals surface area (Å²) in [4.78, 5) is 1.74. The van der Waals surface area contributed by atoms with Gasteiger partial charge in [0, 0.05) is 11.0 Å². The van der Waals surface area contributed by atoms with E-state index in [0.717, 1.165) is 12.6 Å². The molecule has 0 amide bonds. The Morgan fingerprint density at radius 1 is 0.714 bits per heavy atom. The first-order valence-corrected chi connectivity index (χ1v) is 14.3. The van der Waals surface area contributed by atoms with Crippen LogP contribution in [0.3, 0.4) is 0 Å². The highest BCUT2D eigenvalue weighted by Gasteiger charge is 2.50. The third-order valence-electron chi connectivity index (χ3n) is 6.62. The van der Waals surface area contributed by atoms with Crippen molar-refractivity contribution in [3.05, 3.63) is 91.0 Å². The molecule has 0 aliphatic rings. The quantitative estimate of drug-likeness (QED) is 0.244. The second-order valence-corrected chi connectivity index (χ2v) is 14.4. The van der Waals surface area contributed by atoms with Crippen LogP contribution in [0, 0.1) is 5.41 Å². The fourth-order valence-electron chi connectivity index (χ4n) is 5.40. The van der Waals surface area contributed by atoms with E-state index in [9.17, 15) is 0 Å². The van der Waals surface area contributed by atoms with Crippen LogP contribution >= 0.6 is 7.26 Å². The maximum atomic E-state index is 6.39. The Morgan fingerprint density at radius 2 is 1.09 bits per heavy atom. The zero-order chi connectivity index (χ0) is 25.7. The fraction of sp³-hybridized carbons (Fsp3) is 0.379. The van der Waals surface area contributed by atoms with Gasteiger partial charge in [-0.3, -0.25) is 10.2 Å². The summed E-state index contributed by atoms with van der Waals surface area (Å²) in [5.74, 6) is 0. The van der Waals surface area contributed by atoms with Gasteiger partial charge in [0.15, 0.2) is 0 Å². The van der Waals surface area contributed by atoms with E-state index in [4.69, 9.17) is 17.2 Å². The minimum absolute atomic E-state index is 0.00504. The minimum Gasteiger partial charge on any atom is -0.304 e. The molecule has 6 heteroatoms. The topological polar surface area (TPSA) is 93.3 Å². The molecule has 0 radical (unpaired) electrons. The van der Waals surface area contributed by atoms with E-state index in [0.29, 0.717) is 0 Å². The molecule has 3 rings (SSSR count). The van der Waals surface area contributed by atoms with Crippen LogP contribution in [-0.4, -0.2) is 36.2 Å². The van der Waals surface area contributed by atoms with Crippen LogP contribution in [0.15, 0.2) is 91.0 Å². The summed E-state index contributed by atoms with van der Waals surface area (Å²) in [7, 11) is -0.106. The minimum atomic E-state index is -1.94. The Hall–Kier alpha value is -2.11. The average Bonchev–Trinajstić information content (AvgIpc) is 2.82. The Kier molecular flexibility index (Phi) is 8.87. The molecular formula is C29H43N5P+. The largest absolute Gasteiger partial charge is 0.304 e. The molecule has 1 atom stereocenters. The lowest BCUT2D eigenvalue weighted by atomic mass is 9.81. The summed E-state index contributed by atoms with van der Waals surface area (Å²) in [6, 6.07) is 33.1. The molecule has 0 heterocycles. The highest BCUT2D eigenvalue weighted by molar-refractivity contribution is 7.95. The van der Waals surface area contributed by atoms with Crippen LogP contribution in [0.25, 0.3) is 0 Å². The SMILES string of the molecule is CN(C(N)N)C(N)NC(C)(C)CC(C)(C)C[P+](c1ccccc1)(c1ccccc1)c1ccccc1. The Labute approximate surface area is 212 Å². The number of nitrogens with zero attached hydrogens (tertiary/aromatic N) is 1. The summed E-state index contributed by atoms with van der Waals surface area (Å²) in [6.07, 6.45) is 0.909. The molecule has 3 aromatic carbocycles. The monoisotopic (exact) mass is 492 g/mol. The molecule has 1 unspecified atom stereocenters. The molecule has 7 N–H and O–H groups in total. The lowest BCUT2D eigenvalue weighted by molar-refractivity contribution is 0.108. The molecule has 0 spiro atoms. The normalized spacial score (nSPS) is 13.9. The van der Waals surface area contributed by atoms with Gasteiger partial charge in [0.25, 0.3) is 0 Å². The van der Waals surface area contributed by atoms with Crippen molar-refractivity contribution in [1.29, 1.82) is 0 Å². The third-order valence-corrected chi connectivity index (χ3v) is 11.5. The van der Waals surface area contributed by atoms with E-state index in [-0.39, 0.29) is 11.0 Å². The van der Waals surface area contributed by atoms with Crippen LogP contribution in [-0.2, 0) is 0 Å². The molecule has 3 aromatic rings. The summed E-state index contributed by atoms with van der Waals surface area (Å²) < 4.78 is 0. The van der Waals surface area contributed by atoms with E-state index >= 15 is 0 Å². The molecule has 0 saturated carbocycles. The zero-order valence-electron chi connectivity index (χ0n) is 21.9. The summed E-state index contributed by atoms with van der Waals surface area (Å²) >= 11 is 0. The van der Waals surface area contributed by atoms with Gasteiger partial charge < -0.3 is 17.2 Å². The third kappa shape index (κ3) is 6.77. The van der Waals surface area contributed by atoms with Crippen LogP contribution in [0.2, 0.25) is 0 Å². The van der Waals surface area contributed by atoms with Gasteiger partial charge in [0.1, 0.15) is 35.8 Å². The molecule has 188 valence electrons. The van der Waals surface area contributed by atoms with Gasteiger partial charge in [-0.2, -0.15) is 0 Å². The first kappa shape index (κ1) is 27.5. The van der Waals surface area contributed by atoms with Crippen LogP contribution in [0.5, 0.6) is 0 Å². The maximum absolute atomic E-state index is 6.39. The average molecular weight is 493 g/mol. The number of benzene rings is 3. The molecule has 0 saturated heterocycles. The summed E-state index contributed by atoms with van der Waals surface area (Å²) in [5, 5.41) is 7.77. The van der Waals surface area contributed by atoms with Gasteiger partial charge >= 0.3 is 0 Å². The lowest BCUT2D eigenvalue weighted by Crippen LogP contribution is -2.64. The second-order valence-electron chi connectivity index (χ2n) is 10.9. The van der Waals surface area contributed by atoms with E-state index in [2.05, 4.69) is 124 Å². The first-order chi connectivity index (χ1) is 16.5.